The fraction of sp³-hybridized carbons (Fsp3) is 0.261. The third-order valence-electron chi connectivity index (χ3n) is 6.13. The maximum absolute atomic E-state index is 15.6. The van der Waals surface area contributed by atoms with Crippen LogP contribution in [-0.4, -0.2) is 45.2 Å². The van der Waals surface area contributed by atoms with E-state index in [1.165, 1.54) is 7.11 Å². The molecule has 14 heteroatoms. The summed E-state index contributed by atoms with van der Waals surface area (Å²) >= 11 is 0. The molecule has 0 saturated heterocycles. The molecule has 0 amide bonds. The highest BCUT2D eigenvalue weighted by atomic mass is 32.2. The Hall–Kier alpha value is -4.38. The van der Waals surface area contributed by atoms with Crippen LogP contribution < -0.4 is 9.46 Å². The summed E-state index contributed by atoms with van der Waals surface area (Å²) in [5, 5.41) is 17.1. The van der Waals surface area contributed by atoms with Crippen LogP contribution in [0.3, 0.4) is 0 Å². The molecule has 190 valence electrons. The SMILES string of the molecule is COc1ncc(C#N)cc1S(=O)(=O)Nc1ccc(F)c([C@@H]2CCc3c(-c4nnc(C)[nH]4)ncn3C2)c1F. The Morgan fingerprint density at radius 3 is 2.78 bits per heavy atom. The molecule has 4 aromatic rings. The van der Waals surface area contributed by atoms with Crippen molar-refractivity contribution in [3.05, 3.63) is 65.0 Å². The Labute approximate surface area is 210 Å². The van der Waals surface area contributed by atoms with Gasteiger partial charge in [-0.05, 0) is 38.0 Å². The Bertz CT molecular complexity index is 1660. The second-order valence-corrected chi connectivity index (χ2v) is 10.1. The summed E-state index contributed by atoms with van der Waals surface area (Å²) in [7, 11) is -3.21. The number of hydrogen-bond acceptors (Lipinski definition) is 8. The van der Waals surface area contributed by atoms with Crippen LogP contribution in [0, 0.1) is 29.9 Å². The number of aromatic amines is 1. The average molecular weight is 527 g/mol. The molecule has 1 atom stereocenters. The molecule has 5 rings (SSSR count). The van der Waals surface area contributed by atoms with E-state index in [-0.39, 0.29) is 23.6 Å². The summed E-state index contributed by atoms with van der Waals surface area (Å²) in [6, 6.07) is 4.88. The molecule has 2 N–H and O–H groups in total. The van der Waals surface area contributed by atoms with Gasteiger partial charge in [0, 0.05) is 29.9 Å². The first-order valence-electron chi connectivity index (χ1n) is 11.1. The number of hydrogen-bond donors (Lipinski definition) is 2. The van der Waals surface area contributed by atoms with Crippen LogP contribution in [0.4, 0.5) is 14.5 Å². The molecule has 11 nitrogen and oxygen atoms in total. The maximum atomic E-state index is 15.6. The number of rotatable bonds is 6. The minimum Gasteiger partial charge on any atom is -0.480 e. The molecule has 1 aromatic carbocycles. The summed E-state index contributed by atoms with van der Waals surface area (Å²) in [4.78, 5) is 10.8. The zero-order chi connectivity index (χ0) is 26.3. The third-order valence-corrected chi connectivity index (χ3v) is 7.49. The van der Waals surface area contributed by atoms with Crippen molar-refractivity contribution < 1.29 is 21.9 Å². The van der Waals surface area contributed by atoms with Gasteiger partial charge in [0.15, 0.2) is 16.5 Å². The smallest absolute Gasteiger partial charge is 0.267 e. The largest absolute Gasteiger partial charge is 0.480 e. The fourth-order valence-electron chi connectivity index (χ4n) is 4.41. The van der Waals surface area contributed by atoms with Crippen LogP contribution in [0.25, 0.3) is 11.5 Å². The van der Waals surface area contributed by atoms with Gasteiger partial charge < -0.3 is 14.3 Å². The number of nitrogens with one attached hydrogen (secondary N) is 2. The number of anilines is 1. The first kappa shape index (κ1) is 24.3. The molecule has 0 spiro atoms. The van der Waals surface area contributed by atoms with E-state index >= 15 is 4.39 Å². The highest BCUT2D eigenvalue weighted by Crippen LogP contribution is 2.37. The predicted octanol–water partition coefficient (Wildman–Crippen LogP) is 3.06. The molecule has 1 aliphatic heterocycles. The maximum Gasteiger partial charge on any atom is 0.267 e. The van der Waals surface area contributed by atoms with Crippen molar-refractivity contribution in [2.45, 2.75) is 37.1 Å². The molecular weight excluding hydrogens is 506 g/mol. The van der Waals surface area contributed by atoms with Gasteiger partial charge in [0.2, 0.25) is 5.88 Å². The predicted molar refractivity (Wildman–Crippen MR) is 126 cm³/mol. The van der Waals surface area contributed by atoms with Crippen molar-refractivity contribution in [2.75, 3.05) is 11.8 Å². The Morgan fingerprint density at radius 2 is 2.08 bits per heavy atom. The van der Waals surface area contributed by atoms with Gasteiger partial charge in [0.25, 0.3) is 10.0 Å². The van der Waals surface area contributed by atoms with Crippen molar-refractivity contribution >= 4 is 15.7 Å². The second kappa shape index (κ2) is 9.25. The third kappa shape index (κ3) is 4.38. The van der Waals surface area contributed by atoms with Crippen LogP contribution >= 0.6 is 0 Å². The lowest BCUT2D eigenvalue weighted by atomic mass is 9.89. The summed E-state index contributed by atoms with van der Waals surface area (Å²) in [6.07, 6.45) is 3.60. The van der Waals surface area contributed by atoms with Crippen molar-refractivity contribution in [1.29, 1.82) is 5.26 Å². The zero-order valence-corrected chi connectivity index (χ0v) is 20.5. The Morgan fingerprint density at radius 1 is 1.27 bits per heavy atom. The lowest BCUT2D eigenvalue weighted by Crippen LogP contribution is -2.22. The normalized spacial score (nSPS) is 15.2. The molecule has 0 fully saturated rings. The van der Waals surface area contributed by atoms with Crippen LogP contribution in [0.15, 0.2) is 35.6 Å². The van der Waals surface area contributed by atoms with Crippen LogP contribution in [0.1, 0.15) is 35.0 Å². The van der Waals surface area contributed by atoms with E-state index in [0.29, 0.717) is 30.2 Å². The van der Waals surface area contributed by atoms with Crippen molar-refractivity contribution in [3.8, 4) is 23.5 Å². The van der Waals surface area contributed by atoms with E-state index in [4.69, 9.17) is 10.00 Å². The lowest BCUT2D eigenvalue weighted by molar-refractivity contribution is 0.385. The number of aromatic nitrogens is 6. The highest BCUT2D eigenvalue weighted by molar-refractivity contribution is 7.92. The van der Waals surface area contributed by atoms with E-state index in [2.05, 4.69) is 29.9 Å². The fourth-order valence-corrected chi connectivity index (χ4v) is 5.62. The molecule has 3 aromatic heterocycles. The van der Waals surface area contributed by atoms with Gasteiger partial charge in [-0.15, -0.1) is 10.2 Å². The molecule has 37 heavy (non-hydrogen) atoms. The summed E-state index contributed by atoms with van der Waals surface area (Å²) in [5.41, 5.74) is 0.799. The number of H-pyrrole nitrogens is 1. The minimum absolute atomic E-state index is 0.0281. The van der Waals surface area contributed by atoms with E-state index in [1.54, 1.807) is 23.9 Å². The van der Waals surface area contributed by atoms with Crippen LogP contribution in [-0.2, 0) is 23.0 Å². The number of aryl methyl sites for hydroxylation is 1. The number of ether oxygens (including phenoxy) is 1. The summed E-state index contributed by atoms with van der Waals surface area (Å²) < 4.78 is 65.6. The van der Waals surface area contributed by atoms with E-state index in [0.717, 1.165) is 30.1 Å². The summed E-state index contributed by atoms with van der Waals surface area (Å²) in [6.45, 7) is 2.01. The quantitative estimate of drug-likeness (QED) is 0.389. The van der Waals surface area contributed by atoms with Gasteiger partial charge in [-0.2, -0.15) is 5.26 Å². The number of fused-ring (bicyclic) bond motifs is 1. The van der Waals surface area contributed by atoms with Gasteiger partial charge in [-0.25, -0.2) is 27.2 Å². The number of nitrogens with zero attached hydrogens (tertiary/aromatic N) is 6. The van der Waals surface area contributed by atoms with Crippen LogP contribution in [0.5, 0.6) is 5.88 Å². The average Bonchev–Trinajstić information content (AvgIpc) is 3.51. The van der Waals surface area contributed by atoms with Crippen molar-refractivity contribution in [2.24, 2.45) is 0 Å². The molecule has 0 aliphatic carbocycles. The van der Waals surface area contributed by atoms with Crippen LogP contribution in [0.2, 0.25) is 0 Å². The number of halogens is 2. The number of methoxy groups -OCH3 is 1. The first-order chi connectivity index (χ1) is 17.7. The van der Waals surface area contributed by atoms with E-state index in [1.807, 2.05) is 0 Å². The monoisotopic (exact) mass is 526 g/mol. The van der Waals surface area contributed by atoms with E-state index in [9.17, 15) is 12.8 Å². The molecule has 0 unspecified atom stereocenters. The highest BCUT2D eigenvalue weighted by Gasteiger charge is 2.31. The molecular formula is C23H20F2N8O3S. The zero-order valence-electron chi connectivity index (χ0n) is 19.7. The van der Waals surface area contributed by atoms with Gasteiger partial charge in [-0.1, -0.05) is 0 Å². The molecule has 4 heterocycles. The molecule has 1 aliphatic rings. The number of nitriles is 1. The van der Waals surface area contributed by atoms with Crippen molar-refractivity contribution in [3.63, 3.8) is 0 Å². The topological polar surface area (TPSA) is 151 Å². The number of imidazole rings is 1. The number of pyridine rings is 1. The second-order valence-electron chi connectivity index (χ2n) is 8.46. The van der Waals surface area contributed by atoms with Gasteiger partial charge in [-0.3, -0.25) is 4.72 Å². The first-order valence-corrected chi connectivity index (χ1v) is 12.6. The van der Waals surface area contributed by atoms with Crippen molar-refractivity contribution in [1.82, 2.24) is 29.7 Å². The minimum atomic E-state index is -4.43. The number of benzene rings is 1. The van der Waals surface area contributed by atoms with Gasteiger partial charge >= 0.3 is 0 Å². The number of sulfonamides is 1. The standard InChI is InChI=1S/C23H20F2N8O3S/c1-12-29-22(31-30-12)21-17-6-3-14(10-33(17)11-28-21)19-15(24)4-5-16(20(19)25)32-37(34,35)18-7-13(8-26)9-27-23(18)36-2/h4-5,7,9,11,14,32H,3,6,10H2,1-2H3,(H,29,30,31)/t14-/m1/s1. The molecule has 0 radical (unpaired) electrons. The Balaban J connectivity index is 1.46. The molecule has 0 bridgehead atoms. The van der Waals surface area contributed by atoms with Gasteiger partial charge in [0.1, 0.15) is 23.4 Å². The van der Waals surface area contributed by atoms with E-state index < -0.39 is 38.2 Å². The lowest BCUT2D eigenvalue weighted by Gasteiger charge is -2.26. The molecule has 0 saturated carbocycles. The Kier molecular flexibility index (Phi) is 6.08. The van der Waals surface area contributed by atoms with Gasteiger partial charge in [0.05, 0.1) is 24.7 Å². The summed E-state index contributed by atoms with van der Waals surface area (Å²) in [5.74, 6) is -1.50.